The molecule has 1 amide bonds. The summed E-state index contributed by atoms with van der Waals surface area (Å²) in [5, 5.41) is 0.167. The van der Waals surface area contributed by atoms with Crippen molar-refractivity contribution in [2.24, 2.45) is 11.8 Å². The molecule has 17 heavy (non-hydrogen) atoms. The van der Waals surface area contributed by atoms with Crippen LogP contribution in [-0.2, 0) is 9.47 Å². The fourth-order valence-electron chi connectivity index (χ4n) is 1.39. The number of nitrogens with zero attached hydrogens (tertiary/aromatic N) is 1. The van der Waals surface area contributed by atoms with Crippen LogP contribution in [0, 0.1) is 5.92 Å². The van der Waals surface area contributed by atoms with E-state index in [9.17, 15) is 4.79 Å². The number of nitrogens with one attached hydrogen (secondary N) is 1. The summed E-state index contributed by atoms with van der Waals surface area (Å²) >= 11 is 4.73. The molecule has 0 atom stereocenters. The number of hydrogen-bond acceptors (Lipinski definition) is 5. The zero-order chi connectivity index (χ0) is 13.1. The van der Waals surface area contributed by atoms with Gasteiger partial charge in [-0.15, -0.1) is 0 Å². The Hall–Kier alpha value is -1.08. The maximum absolute atomic E-state index is 11.6. The van der Waals surface area contributed by atoms with Gasteiger partial charge in [0.2, 0.25) is 0 Å². The minimum Gasteiger partial charge on any atom is -0.470 e. The van der Waals surface area contributed by atoms with Gasteiger partial charge in [-0.3, -0.25) is 5.43 Å². The number of carbonyl (C=O) groups is 1. The minimum absolute atomic E-state index is 0.167. The molecule has 0 aliphatic carbocycles. The normalized spacial score (nSPS) is 16.1. The van der Waals surface area contributed by atoms with E-state index < -0.39 is 5.60 Å². The second kappa shape index (κ2) is 5.50. The monoisotopic (exact) mass is 261 g/mol. The molecule has 1 heterocycles. The summed E-state index contributed by atoms with van der Waals surface area (Å²) in [4.78, 5) is 13.2. The Kier molecular flexibility index (Phi) is 4.53. The summed E-state index contributed by atoms with van der Waals surface area (Å²) in [7, 11) is 0. The molecule has 0 radical (unpaired) electrons. The molecular weight excluding hydrogens is 242 g/mol. The van der Waals surface area contributed by atoms with Gasteiger partial charge in [0, 0.05) is 19.0 Å². The highest BCUT2D eigenvalue weighted by molar-refractivity contribution is 7.80. The fourth-order valence-corrected chi connectivity index (χ4v) is 1.45. The predicted molar refractivity (Wildman–Crippen MR) is 67.2 cm³/mol. The highest BCUT2D eigenvalue weighted by Gasteiger charge is 2.34. The number of amides is 1. The highest BCUT2D eigenvalue weighted by Crippen LogP contribution is 2.19. The van der Waals surface area contributed by atoms with Crippen LogP contribution in [0.25, 0.3) is 0 Å². The molecule has 1 saturated heterocycles. The Morgan fingerprint density at radius 2 is 2.12 bits per heavy atom. The Morgan fingerprint density at radius 1 is 1.53 bits per heavy atom. The molecular formula is C10H19N3O3S. The van der Waals surface area contributed by atoms with E-state index in [1.165, 1.54) is 0 Å². The topological polar surface area (TPSA) is 76.8 Å². The van der Waals surface area contributed by atoms with Gasteiger partial charge in [0.1, 0.15) is 5.60 Å². The summed E-state index contributed by atoms with van der Waals surface area (Å²) in [6, 6.07) is 0. The first-order valence-electron chi connectivity index (χ1n) is 5.43. The van der Waals surface area contributed by atoms with Crippen molar-refractivity contribution in [1.82, 2.24) is 10.3 Å². The van der Waals surface area contributed by atoms with Crippen LogP contribution in [0.2, 0.25) is 0 Å². The van der Waals surface area contributed by atoms with Gasteiger partial charge < -0.3 is 14.4 Å². The highest BCUT2D eigenvalue weighted by atomic mass is 32.1. The van der Waals surface area contributed by atoms with Crippen molar-refractivity contribution in [2.45, 2.75) is 26.4 Å². The molecule has 0 aromatic heterocycles. The standard InChI is InChI=1S/C10H19N3O3S/c1-10(2,3)16-9(14)13-4-7(5-13)6-15-8(17)12-11/h7H,4-6,11H2,1-3H3,(H,12,17). The largest absolute Gasteiger partial charge is 0.470 e. The molecule has 0 aromatic rings. The molecule has 0 unspecified atom stereocenters. The fraction of sp³-hybridized carbons (Fsp3) is 0.800. The zero-order valence-electron chi connectivity index (χ0n) is 10.4. The van der Waals surface area contributed by atoms with E-state index in [1.54, 1.807) is 4.90 Å². The van der Waals surface area contributed by atoms with E-state index in [4.69, 9.17) is 27.5 Å². The Balaban J connectivity index is 2.18. The van der Waals surface area contributed by atoms with Crippen molar-refractivity contribution in [2.75, 3.05) is 19.7 Å². The second-order valence-electron chi connectivity index (χ2n) is 4.99. The lowest BCUT2D eigenvalue weighted by Gasteiger charge is -2.39. The summed E-state index contributed by atoms with van der Waals surface area (Å²) in [6.45, 7) is 7.25. The Morgan fingerprint density at radius 3 is 2.59 bits per heavy atom. The van der Waals surface area contributed by atoms with Crippen LogP contribution in [0.3, 0.4) is 0 Å². The Labute approximate surface area is 106 Å². The van der Waals surface area contributed by atoms with Crippen LogP contribution in [0.4, 0.5) is 4.79 Å². The van der Waals surface area contributed by atoms with Gasteiger partial charge in [-0.2, -0.15) is 0 Å². The first-order valence-corrected chi connectivity index (χ1v) is 5.84. The van der Waals surface area contributed by atoms with E-state index in [0.717, 1.165) is 0 Å². The molecule has 98 valence electrons. The lowest BCUT2D eigenvalue weighted by Crippen LogP contribution is -2.53. The summed E-state index contributed by atoms with van der Waals surface area (Å²) in [6.07, 6.45) is -0.284. The van der Waals surface area contributed by atoms with Gasteiger partial charge in [0.25, 0.3) is 5.17 Å². The van der Waals surface area contributed by atoms with Crippen LogP contribution >= 0.6 is 12.2 Å². The van der Waals surface area contributed by atoms with E-state index in [2.05, 4.69) is 5.43 Å². The van der Waals surface area contributed by atoms with E-state index in [0.29, 0.717) is 19.7 Å². The van der Waals surface area contributed by atoms with Crippen molar-refractivity contribution in [3.05, 3.63) is 0 Å². The molecule has 1 rings (SSSR count). The van der Waals surface area contributed by atoms with E-state index >= 15 is 0 Å². The maximum atomic E-state index is 11.6. The van der Waals surface area contributed by atoms with Crippen molar-refractivity contribution in [3.63, 3.8) is 0 Å². The van der Waals surface area contributed by atoms with Gasteiger partial charge in [-0.05, 0) is 33.0 Å². The average molecular weight is 261 g/mol. The van der Waals surface area contributed by atoms with Gasteiger partial charge in [-0.1, -0.05) is 0 Å². The number of thiocarbonyl (C=S) groups is 1. The molecule has 1 aliphatic rings. The molecule has 0 saturated carbocycles. The molecule has 3 N–H and O–H groups in total. The number of rotatable bonds is 2. The molecule has 1 fully saturated rings. The number of carbonyl (C=O) groups excluding carboxylic acids is 1. The van der Waals surface area contributed by atoms with E-state index in [1.807, 2.05) is 20.8 Å². The van der Waals surface area contributed by atoms with Crippen LogP contribution in [0.5, 0.6) is 0 Å². The van der Waals surface area contributed by atoms with Crippen LogP contribution < -0.4 is 11.3 Å². The molecule has 0 bridgehead atoms. The maximum Gasteiger partial charge on any atom is 0.410 e. The quantitative estimate of drug-likeness (QED) is 0.431. The van der Waals surface area contributed by atoms with Crippen LogP contribution in [0.15, 0.2) is 0 Å². The molecule has 7 heteroatoms. The minimum atomic E-state index is -0.455. The third kappa shape index (κ3) is 4.74. The lowest BCUT2D eigenvalue weighted by molar-refractivity contribution is -0.00872. The first-order chi connectivity index (χ1) is 7.81. The van der Waals surface area contributed by atoms with Crippen LogP contribution in [-0.4, -0.2) is 41.5 Å². The second-order valence-corrected chi connectivity index (χ2v) is 5.36. The van der Waals surface area contributed by atoms with Crippen LogP contribution in [0.1, 0.15) is 20.8 Å². The third-order valence-corrected chi connectivity index (χ3v) is 2.41. The number of likely N-dealkylation sites (tertiary alicyclic amines) is 1. The predicted octanol–water partition coefficient (Wildman–Crippen LogP) is 0.618. The van der Waals surface area contributed by atoms with Crippen molar-refractivity contribution in [1.29, 1.82) is 0 Å². The van der Waals surface area contributed by atoms with Gasteiger partial charge in [0.05, 0.1) is 6.61 Å². The SMILES string of the molecule is CC(C)(C)OC(=O)N1CC(COC(=S)NN)C1. The number of hydrazine groups is 1. The van der Waals surface area contributed by atoms with E-state index in [-0.39, 0.29) is 17.2 Å². The first kappa shape index (κ1) is 14.0. The van der Waals surface area contributed by atoms with Crippen molar-refractivity contribution in [3.8, 4) is 0 Å². The third-order valence-electron chi connectivity index (χ3n) is 2.18. The number of ether oxygens (including phenoxy) is 2. The van der Waals surface area contributed by atoms with Gasteiger partial charge in [0.15, 0.2) is 0 Å². The molecule has 0 aromatic carbocycles. The van der Waals surface area contributed by atoms with Crippen molar-refractivity contribution >= 4 is 23.5 Å². The molecule has 0 spiro atoms. The van der Waals surface area contributed by atoms with Gasteiger partial charge in [-0.25, -0.2) is 10.6 Å². The molecule has 6 nitrogen and oxygen atoms in total. The average Bonchev–Trinajstić information content (AvgIpc) is 2.11. The zero-order valence-corrected chi connectivity index (χ0v) is 11.2. The van der Waals surface area contributed by atoms with Gasteiger partial charge >= 0.3 is 6.09 Å². The molecule has 1 aliphatic heterocycles. The summed E-state index contributed by atoms with van der Waals surface area (Å²) in [5.41, 5.74) is 1.78. The Bertz CT molecular complexity index is 298. The smallest absolute Gasteiger partial charge is 0.410 e. The lowest BCUT2D eigenvalue weighted by atomic mass is 10.0. The summed E-state index contributed by atoms with van der Waals surface area (Å²) in [5.74, 6) is 5.35. The number of nitrogens with two attached hydrogens (primary N) is 1. The summed E-state index contributed by atoms with van der Waals surface area (Å²) < 4.78 is 10.4. The van der Waals surface area contributed by atoms with Crippen molar-refractivity contribution < 1.29 is 14.3 Å². The number of hydrogen-bond donors (Lipinski definition) is 2.